The van der Waals surface area contributed by atoms with Gasteiger partial charge in [0.15, 0.2) is 0 Å². The second kappa shape index (κ2) is 8.48. The smallest absolute Gasteiger partial charge is 0.405 e. The maximum absolute atomic E-state index is 13.7. The summed E-state index contributed by atoms with van der Waals surface area (Å²) in [5, 5.41) is 2.89. The molecule has 9 heteroatoms. The van der Waals surface area contributed by atoms with Gasteiger partial charge in [-0.1, -0.05) is 12.1 Å². The van der Waals surface area contributed by atoms with Crippen LogP contribution in [0.25, 0.3) is 27.8 Å². The van der Waals surface area contributed by atoms with Crippen LogP contribution in [-0.4, -0.2) is 34.4 Å². The number of ether oxygens (including phenoxy) is 1. The highest BCUT2D eigenvalue weighted by molar-refractivity contribution is 5.84. The summed E-state index contributed by atoms with van der Waals surface area (Å²) in [5.74, 6) is 1.13. The van der Waals surface area contributed by atoms with Crippen molar-refractivity contribution >= 4 is 16.9 Å². The minimum absolute atomic E-state index is 0.0257. The molecule has 3 aromatic heterocycles. The lowest BCUT2D eigenvalue weighted by Gasteiger charge is -2.15. The van der Waals surface area contributed by atoms with Crippen LogP contribution in [0.4, 0.5) is 19.0 Å². The number of fused-ring (bicyclic) bond motifs is 1. The largest absolute Gasteiger partial charge is 0.497 e. The van der Waals surface area contributed by atoms with Gasteiger partial charge in [0.2, 0.25) is 0 Å². The zero-order valence-corrected chi connectivity index (χ0v) is 18.3. The number of rotatable bonds is 6. The highest BCUT2D eigenvalue weighted by Crippen LogP contribution is 2.39. The van der Waals surface area contributed by atoms with Crippen molar-refractivity contribution in [2.75, 3.05) is 19.0 Å². The molecule has 1 aliphatic carbocycles. The minimum Gasteiger partial charge on any atom is -0.497 e. The monoisotopic (exact) mass is 466 g/mol. The Balaban J connectivity index is 1.67. The number of alkyl halides is 3. The molecule has 1 N–H and O–H groups in total. The molecule has 0 atom stereocenters. The molecule has 6 nitrogen and oxygen atoms in total. The van der Waals surface area contributed by atoms with Crippen molar-refractivity contribution in [3.63, 3.8) is 0 Å². The van der Waals surface area contributed by atoms with Crippen LogP contribution >= 0.6 is 0 Å². The van der Waals surface area contributed by atoms with E-state index in [9.17, 15) is 18.0 Å². The Hall–Kier alpha value is -3.88. The van der Waals surface area contributed by atoms with E-state index in [1.165, 1.54) is 10.6 Å². The fourth-order valence-corrected chi connectivity index (χ4v) is 3.84. The summed E-state index contributed by atoms with van der Waals surface area (Å²) >= 11 is 0. The molecular weight excluding hydrogens is 445 g/mol. The Labute approximate surface area is 193 Å². The SMILES string of the molecule is COc1ccc(-c2cc3ccc(NCC(F)(F)F)nc3n(-c3ccc(C4CC4)nc3)c2=O)cc1. The molecule has 4 aromatic rings. The first kappa shape index (κ1) is 21.9. The quantitative estimate of drug-likeness (QED) is 0.417. The number of anilines is 1. The van der Waals surface area contributed by atoms with Crippen molar-refractivity contribution in [1.82, 2.24) is 14.5 Å². The van der Waals surface area contributed by atoms with Crippen molar-refractivity contribution in [2.24, 2.45) is 0 Å². The number of nitrogens with zero attached hydrogens (tertiary/aromatic N) is 3. The number of hydrogen-bond acceptors (Lipinski definition) is 5. The number of aromatic nitrogens is 3. The molecule has 0 bridgehead atoms. The molecule has 0 aliphatic heterocycles. The summed E-state index contributed by atoms with van der Waals surface area (Å²) in [5.41, 5.74) is 2.47. The number of benzene rings is 1. The van der Waals surface area contributed by atoms with Gasteiger partial charge in [0.05, 0.1) is 19.0 Å². The van der Waals surface area contributed by atoms with Crippen LogP contribution in [0.1, 0.15) is 24.5 Å². The summed E-state index contributed by atoms with van der Waals surface area (Å²) in [6, 6.07) is 15.6. The zero-order valence-electron chi connectivity index (χ0n) is 18.3. The van der Waals surface area contributed by atoms with Gasteiger partial charge in [-0.25, -0.2) is 4.98 Å². The molecule has 0 amide bonds. The van der Waals surface area contributed by atoms with Gasteiger partial charge in [0.25, 0.3) is 5.56 Å². The number of halogens is 3. The van der Waals surface area contributed by atoms with Gasteiger partial charge >= 0.3 is 6.18 Å². The molecule has 0 saturated heterocycles. The van der Waals surface area contributed by atoms with E-state index in [-0.39, 0.29) is 17.0 Å². The highest BCUT2D eigenvalue weighted by atomic mass is 19.4. The summed E-state index contributed by atoms with van der Waals surface area (Å²) in [6.07, 6.45) is -0.586. The lowest BCUT2D eigenvalue weighted by Crippen LogP contribution is -2.23. The predicted molar refractivity (Wildman–Crippen MR) is 124 cm³/mol. The van der Waals surface area contributed by atoms with Gasteiger partial charge < -0.3 is 10.1 Å². The molecule has 1 saturated carbocycles. The van der Waals surface area contributed by atoms with Gasteiger partial charge in [-0.2, -0.15) is 13.2 Å². The first-order valence-corrected chi connectivity index (χ1v) is 10.8. The number of methoxy groups -OCH3 is 1. The average Bonchev–Trinajstić information content (AvgIpc) is 3.68. The summed E-state index contributed by atoms with van der Waals surface area (Å²) in [6.45, 7) is -1.22. The fourth-order valence-electron chi connectivity index (χ4n) is 3.84. The molecule has 3 heterocycles. The summed E-state index contributed by atoms with van der Waals surface area (Å²) < 4.78 is 44.7. The highest BCUT2D eigenvalue weighted by Gasteiger charge is 2.27. The molecule has 0 radical (unpaired) electrons. The third-order valence-electron chi connectivity index (χ3n) is 5.75. The van der Waals surface area contributed by atoms with Crippen LogP contribution < -0.4 is 15.6 Å². The standard InChI is InChI=1S/C25H21F3N4O2/c1-34-19-8-4-15(5-9-19)20-12-17-6-11-22(30-14-25(26,27)28)31-23(17)32(24(20)33)18-7-10-21(29-13-18)16-2-3-16/h4-13,16H,2-3,14H2,1H3,(H,30,31). The van der Waals surface area contributed by atoms with E-state index in [4.69, 9.17) is 4.74 Å². The number of nitrogens with one attached hydrogen (secondary N) is 1. The lowest BCUT2D eigenvalue weighted by atomic mass is 10.1. The summed E-state index contributed by atoms with van der Waals surface area (Å²) in [4.78, 5) is 22.5. The molecule has 1 aromatic carbocycles. The van der Waals surface area contributed by atoms with E-state index < -0.39 is 12.7 Å². The third kappa shape index (κ3) is 4.46. The molecule has 174 valence electrons. The van der Waals surface area contributed by atoms with Crippen LogP contribution in [-0.2, 0) is 0 Å². The molecule has 5 rings (SSSR count). The van der Waals surface area contributed by atoms with Crippen molar-refractivity contribution in [1.29, 1.82) is 0 Å². The Kier molecular flexibility index (Phi) is 5.47. The van der Waals surface area contributed by atoms with E-state index in [0.717, 1.165) is 18.5 Å². The van der Waals surface area contributed by atoms with Crippen LogP contribution in [0.15, 0.2) is 65.6 Å². The Bertz CT molecular complexity index is 1390. The van der Waals surface area contributed by atoms with E-state index in [2.05, 4.69) is 15.3 Å². The predicted octanol–water partition coefficient (Wildman–Crippen LogP) is 5.31. The van der Waals surface area contributed by atoms with Gasteiger partial charge in [-0.3, -0.25) is 14.3 Å². The van der Waals surface area contributed by atoms with E-state index in [0.29, 0.717) is 33.9 Å². The maximum Gasteiger partial charge on any atom is 0.405 e. The van der Waals surface area contributed by atoms with Gasteiger partial charge in [0.1, 0.15) is 23.8 Å². The zero-order chi connectivity index (χ0) is 23.9. The second-order valence-corrected chi connectivity index (χ2v) is 8.22. The molecule has 34 heavy (non-hydrogen) atoms. The molecule has 0 unspecified atom stereocenters. The first-order chi connectivity index (χ1) is 16.3. The fraction of sp³-hybridized carbons (Fsp3) is 0.240. The first-order valence-electron chi connectivity index (χ1n) is 10.8. The number of hydrogen-bond donors (Lipinski definition) is 1. The van der Waals surface area contributed by atoms with Crippen LogP contribution in [0.5, 0.6) is 5.75 Å². The Morgan fingerprint density at radius 3 is 2.47 bits per heavy atom. The van der Waals surface area contributed by atoms with Gasteiger partial charge in [-0.15, -0.1) is 0 Å². The van der Waals surface area contributed by atoms with Crippen molar-refractivity contribution in [2.45, 2.75) is 24.9 Å². The normalized spacial score (nSPS) is 13.8. The molecular formula is C25H21F3N4O2. The van der Waals surface area contributed by atoms with Crippen molar-refractivity contribution in [3.8, 4) is 22.6 Å². The van der Waals surface area contributed by atoms with E-state index in [1.54, 1.807) is 55.8 Å². The topological polar surface area (TPSA) is 69.0 Å². The third-order valence-corrected chi connectivity index (χ3v) is 5.75. The maximum atomic E-state index is 13.7. The Morgan fingerprint density at radius 2 is 1.85 bits per heavy atom. The molecule has 1 fully saturated rings. The second-order valence-electron chi connectivity index (χ2n) is 8.22. The molecule has 1 aliphatic rings. The van der Waals surface area contributed by atoms with Crippen LogP contribution in [0.3, 0.4) is 0 Å². The van der Waals surface area contributed by atoms with Crippen LogP contribution in [0, 0.1) is 0 Å². The van der Waals surface area contributed by atoms with Crippen LogP contribution in [0.2, 0.25) is 0 Å². The number of pyridine rings is 3. The van der Waals surface area contributed by atoms with E-state index in [1.807, 2.05) is 6.07 Å². The minimum atomic E-state index is -4.39. The Morgan fingerprint density at radius 1 is 1.09 bits per heavy atom. The summed E-state index contributed by atoms with van der Waals surface area (Å²) in [7, 11) is 1.56. The van der Waals surface area contributed by atoms with Gasteiger partial charge in [0, 0.05) is 22.6 Å². The van der Waals surface area contributed by atoms with Crippen molar-refractivity contribution in [3.05, 3.63) is 76.8 Å². The van der Waals surface area contributed by atoms with E-state index >= 15 is 0 Å². The van der Waals surface area contributed by atoms with Gasteiger partial charge in [-0.05, 0) is 60.9 Å². The van der Waals surface area contributed by atoms with Crippen molar-refractivity contribution < 1.29 is 17.9 Å². The average molecular weight is 466 g/mol. The molecule has 0 spiro atoms. The lowest BCUT2D eigenvalue weighted by molar-refractivity contribution is -0.115.